The van der Waals surface area contributed by atoms with Gasteiger partial charge in [0.05, 0.1) is 9.75 Å². The van der Waals surface area contributed by atoms with Crippen molar-refractivity contribution < 1.29 is 9.59 Å². The van der Waals surface area contributed by atoms with Gasteiger partial charge >= 0.3 is 0 Å². The molecule has 4 nitrogen and oxygen atoms in total. The van der Waals surface area contributed by atoms with E-state index in [0.29, 0.717) is 5.91 Å². The molecule has 3 fully saturated rings. The van der Waals surface area contributed by atoms with Gasteiger partial charge < -0.3 is 9.80 Å². The van der Waals surface area contributed by atoms with Crippen LogP contribution in [-0.2, 0) is 4.79 Å². The number of likely N-dealkylation sites (tertiary alicyclic amines) is 1. The fourth-order valence-corrected chi connectivity index (χ4v) is 5.96. The van der Waals surface area contributed by atoms with E-state index in [1.165, 1.54) is 17.8 Å². The number of thioether (sulfide) groups is 1. The van der Waals surface area contributed by atoms with Gasteiger partial charge in [0.2, 0.25) is 5.91 Å². The minimum absolute atomic E-state index is 0.0858. The molecule has 0 aromatic carbocycles. The van der Waals surface area contributed by atoms with Crippen molar-refractivity contribution >= 4 is 34.9 Å². The molecule has 2 saturated heterocycles. The molecule has 1 aromatic heterocycles. The third-order valence-electron chi connectivity index (χ3n) is 5.47. The Morgan fingerprint density at radius 3 is 2.57 bits per heavy atom. The van der Waals surface area contributed by atoms with Crippen LogP contribution in [0.25, 0.3) is 0 Å². The van der Waals surface area contributed by atoms with Gasteiger partial charge in [0.15, 0.2) is 0 Å². The molecule has 1 aliphatic carbocycles. The molecule has 4 rings (SSSR count). The van der Waals surface area contributed by atoms with E-state index in [-0.39, 0.29) is 16.7 Å². The van der Waals surface area contributed by atoms with Crippen molar-refractivity contribution in [2.75, 3.05) is 25.4 Å². The summed E-state index contributed by atoms with van der Waals surface area (Å²) in [6.07, 6.45) is 5.16. The van der Waals surface area contributed by atoms with Crippen LogP contribution in [0.3, 0.4) is 0 Å². The van der Waals surface area contributed by atoms with Crippen molar-refractivity contribution in [3.8, 4) is 0 Å². The Kier molecular flexibility index (Phi) is 4.13. The molecule has 124 valence electrons. The molecule has 2 aliphatic heterocycles. The zero-order valence-corrected chi connectivity index (χ0v) is 14.8. The summed E-state index contributed by atoms with van der Waals surface area (Å²) in [7, 11) is 0. The van der Waals surface area contributed by atoms with E-state index in [2.05, 4.69) is 4.90 Å². The van der Waals surface area contributed by atoms with Crippen LogP contribution < -0.4 is 0 Å². The molecule has 3 heterocycles. The maximum absolute atomic E-state index is 12.8. The summed E-state index contributed by atoms with van der Waals surface area (Å²) in [6.45, 7) is 2.44. The average Bonchev–Trinajstić information content (AvgIpc) is 3.16. The molecule has 0 radical (unpaired) electrons. The van der Waals surface area contributed by atoms with E-state index in [9.17, 15) is 9.59 Å². The molecule has 1 spiro atoms. The average molecular weight is 351 g/mol. The first kappa shape index (κ1) is 15.5. The largest absolute Gasteiger partial charge is 0.342 e. The summed E-state index contributed by atoms with van der Waals surface area (Å²) in [5.74, 6) is 1.81. The van der Waals surface area contributed by atoms with E-state index in [4.69, 9.17) is 0 Å². The standard InChI is InChI=1S/C17H22N2O2S2/c20-15(13-3-1-4-13)18-8-6-17(7-9-18)19(10-12-23-17)16(21)14-5-2-11-22-14/h2,5,11,13H,1,3-4,6-10,12H2. The Hall–Kier alpha value is -1.01. The second-order valence-corrected chi connectivity index (χ2v) is 9.09. The number of carbonyl (C=O) groups excluding carboxylic acids is 2. The van der Waals surface area contributed by atoms with Crippen molar-refractivity contribution in [1.82, 2.24) is 9.80 Å². The third-order valence-corrected chi connectivity index (χ3v) is 7.88. The predicted molar refractivity (Wildman–Crippen MR) is 93.7 cm³/mol. The summed E-state index contributed by atoms with van der Waals surface area (Å²) in [5.41, 5.74) is 0. The molecule has 23 heavy (non-hydrogen) atoms. The van der Waals surface area contributed by atoms with Crippen LogP contribution in [0.4, 0.5) is 0 Å². The molecular formula is C17H22N2O2S2. The normalized spacial score (nSPS) is 24.0. The van der Waals surface area contributed by atoms with Crippen LogP contribution in [0.5, 0.6) is 0 Å². The van der Waals surface area contributed by atoms with Crippen molar-refractivity contribution in [2.24, 2.45) is 5.92 Å². The van der Waals surface area contributed by atoms with E-state index in [1.54, 1.807) is 0 Å². The number of rotatable bonds is 2. The summed E-state index contributed by atoms with van der Waals surface area (Å²) in [5, 5.41) is 1.96. The van der Waals surface area contributed by atoms with Crippen LogP contribution in [0.1, 0.15) is 41.8 Å². The van der Waals surface area contributed by atoms with Crippen molar-refractivity contribution in [2.45, 2.75) is 37.0 Å². The van der Waals surface area contributed by atoms with Gasteiger partial charge in [0, 0.05) is 31.3 Å². The number of piperidine rings is 1. The van der Waals surface area contributed by atoms with Gasteiger partial charge in [-0.25, -0.2) is 0 Å². The lowest BCUT2D eigenvalue weighted by Gasteiger charge is -2.45. The predicted octanol–water partition coefficient (Wildman–Crippen LogP) is 3.06. The van der Waals surface area contributed by atoms with Crippen LogP contribution >= 0.6 is 23.1 Å². The van der Waals surface area contributed by atoms with Crippen molar-refractivity contribution in [3.63, 3.8) is 0 Å². The van der Waals surface area contributed by atoms with E-state index in [1.807, 2.05) is 34.2 Å². The fraction of sp³-hybridized carbons (Fsp3) is 0.647. The molecule has 2 amide bonds. The minimum atomic E-state index is -0.0858. The van der Waals surface area contributed by atoms with Gasteiger partial charge in [-0.2, -0.15) is 0 Å². The maximum atomic E-state index is 12.8. The Morgan fingerprint density at radius 2 is 1.96 bits per heavy atom. The molecule has 0 N–H and O–H groups in total. The van der Waals surface area contributed by atoms with E-state index >= 15 is 0 Å². The SMILES string of the molecule is O=C(C1CCC1)N1CCC2(CC1)SCCN2C(=O)c1cccs1. The maximum Gasteiger partial charge on any atom is 0.265 e. The van der Waals surface area contributed by atoms with Gasteiger partial charge in [-0.05, 0) is 37.1 Å². The quantitative estimate of drug-likeness (QED) is 0.823. The molecule has 0 atom stereocenters. The molecule has 1 saturated carbocycles. The van der Waals surface area contributed by atoms with E-state index in [0.717, 1.165) is 55.9 Å². The summed E-state index contributed by atoms with van der Waals surface area (Å²) >= 11 is 3.43. The van der Waals surface area contributed by atoms with Gasteiger partial charge in [0.25, 0.3) is 5.91 Å². The van der Waals surface area contributed by atoms with Gasteiger partial charge in [0.1, 0.15) is 0 Å². The Morgan fingerprint density at radius 1 is 1.17 bits per heavy atom. The second-order valence-electron chi connectivity index (χ2n) is 6.68. The highest BCUT2D eigenvalue weighted by atomic mass is 32.2. The lowest BCUT2D eigenvalue weighted by Crippen LogP contribution is -2.54. The smallest absolute Gasteiger partial charge is 0.265 e. The van der Waals surface area contributed by atoms with Crippen molar-refractivity contribution in [1.29, 1.82) is 0 Å². The molecule has 0 unspecified atom stereocenters. The van der Waals surface area contributed by atoms with Crippen LogP contribution in [0.2, 0.25) is 0 Å². The van der Waals surface area contributed by atoms with Gasteiger partial charge in [-0.3, -0.25) is 9.59 Å². The highest BCUT2D eigenvalue weighted by molar-refractivity contribution is 8.00. The van der Waals surface area contributed by atoms with Crippen molar-refractivity contribution in [3.05, 3.63) is 22.4 Å². The molecule has 3 aliphatic rings. The monoisotopic (exact) mass is 350 g/mol. The summed E-state index contributed by atoms with van der Waals surface area (Å²) in [4.78, 5) is 30.1. The lowest BCUT2D eigenvalue weighted by molar-refractivity contribution is -0.139. The second kappa shape index (κ2) is 6.13. The number of hydrogen-bond donors (Lipinski definition) is 0. The Bertz CT molecular complexity index is 590. The van der Waals surface area contributed by atoms with Crippen LogP contribution in [-0.4, -0.2) is 51.9 Å². The summed E-state index contributed by atoms with van der Waals surface area (Å²) in [6, 6.07) is 3.85. The number of carbonyl (C=O) groups is 2. The van der Waals surface area contributed by atoms with Gasteiger partial charge in [-0.1, -0.05) is 12.5 Å². The topological polar surface area (TPSA) is 40.6 Å². The molecule has 6 heteroatoms. The third kappa shape index (κ3) is 2.70. The van der Waals surface area contributed by atoms with E-state index < -0.39 is 0 Å². The highest BCUT2D eigenvalue weighted by Crippen LogP contribution is 2.45. The number of nitrogens with zero attached hydrogens (tertiary/aromatic N) is 2. The zero-order chi connectivity index (χ0) is 15.9. The number of thiophene rings is 1. The zero-order valence-electron chi connectivity index (χ0n) is 13.2. The first-order chi connectivity index (χ1) is 11.2. The number of amides is 2. The number of hydrogen-bond acceptors (Lipinski definition) is 4. The first-order valence-corrected chi connectivity index (χ1v) is 10.3. The Balaban J connectivity index is 1.44. The highest BCUT2D eigenvalue weighted by Gasteiger charge is 2.47. The first-order valence-electron chi connectivity index (χ1n) is 8.48. The molecule has 1 aromatic rings. The van der Waals surface area contributed by atoms with Crippen LogP contribution in [0.15, 0.2) is 17.5 Å². The molecule has 0 bridgehead atoms. The van der Waals surface area contributed by atoms with Gasteiger partial charge in [-0.15, -0.1) is 23.1 Å². The molecular weight excluding hydrogens is 328 g/mol. The minimum Gasteiger partial charge on any atom is -0.342 e. The summed E-state index contributed by atoms with van der Waals surface area (Å²) < 4.78 is 0. The van der Waals surface area contributed by atoms with Crippen LogP contribution in [0, 0.1) is 5.92 Å². The Labute approximate surface area is 145 Å². The lowest BCUT2D eigenvalue weighted by atomic mass is 9.84. The fourth-order valence-electron chi connectivity index (χ4n) is 3.83.